The van der Waals surface area contributed by atoms with Crippen LogP contribution in [-0.4, -0.2) is 41.7 Å². The van der Waals surface area contributed by atoms with Crippen molar-refractivity contribution in [1.82, 2.24) is 15.1 Å². The molecule has 140 valence electrons. The minimum absolute atomic E-state index is 0.0823. The fourth-order valence-corrected chi connectivity index (χ4v) is 4.65. The maximum absolute atomic E-state index is 12.8. The van der Waals surface area contributed by atoms with Crippen LogP contribution in [0, 0.1) is 5.92 Å². The Balaban J connectivity index is 1.94. The first-order valence-corrected chi connectivity index (χ1v) is 10.6. The van der Waals surface area contributed by atoms with Crippen molar-refractivity contribution in [3.63, 3.8) is 0 Å². The second-order valence-electron chi connectivity index (χ2n) is 7.17. The van der Waals surface area contributed by atoms with Crippen molar-refractivity contribution in [2.75, 3.05) is 11.5 Å². The van der Waals surface area contributed by atoms with Crippen LogP contribution in [0.3, 0.4) is 0 Å². The van der Waals surface area contributed by atoms with Crippen molar-refractivity contribution in [1.29, 1.82) is 0 Å². The van der Waals surface area contributed by atoms with E-state index in [1.54, 1.807) is 24.3 Å². The average Bonchev–Trinajstić information content (AvgIpc) is 2.59. The van der Waals surface area contributed by atoms with E-state index in [1.807, 2.05) is 13.8 Å². The van der Waals surface area contributed by atoms with Gasteiger partial charge in [-0.2, -0.15) is 5.10 Å². The summed E-state index contributed by atoms with van der Waals surface area (Å²) in [6.07, 6.45) is 0.801. The summed E-state index contributed by atoms with van der Waals surface area (Å²) in [4.78, 5) is 25.4. The van der Waals surface area contributed by atoms with Crippen molar-refractivity contribution >= 4 is 26.5 Å². The number of aromatic nitrogens is 2. The zero-order valence-corrected chi connectivity index (χ0v) is 15.8. The van der Waals surface area contributed by atoms with E-state index in [0.29, 0.717) is 30.2 Å². The maximum atomic E-state index is 12.8. The van der Waals surface area contributed by atoms with E-state index in [9.17, 15) is 18.0 Å². The van der Waals surface area contributed by atoms with Gasteiger partial charge in [-0.05, 0) is 24.8 Å². The van der Waals surface area contributed by atoms with Crippen LogP contribution in [-0.2, 0) is 16.4 Å². The lowest BCUT2D eigenvalue weighted by atomic mass is 10.1. The molecule has 1 aromatic carbocycles. The molecule has 1 aliphatic rings. The van der Waals surface area contributed by atoms with Crippen LogP contribution >= 0.6 is 0 Å². The Bertz CT molecular complexity index is 981. The molecule has 2 aromatic rings. The second kappa shape index (κ2) is 7.19. The summed E-state index contributed by atoms with van der Waals surface area (Å²) in [6.45, 7) is 4.38. The molecule has 1 fully saturated rings. The SMILES string of the molecule is CC(C)Cn1nc(C(=O)NC2CCS(=O)(=O)CC2)c2ccccc2c1=O. The Morgan fingerprint density at radius 3 is 2.46 bits per heavy atom. The van der Waals surface area contributed by atoms with E-state index in [2.05, 4.69) is 10.4 Å². The molecule has 0 bridgehead atoms. The summed E-state index contributed by atoms with van der Waals surface area (Å²) in [5, 5.41) is 8.16. The van der Waals surface area contributed by atoms with Crippen molar-refractivity contribution < 1.29 is 13.2 Å². The highest BCUT2D eigenvalue weighted by atomic mass is 32.2. The van der Waals surface area contributed by atoms with Gasteiger partial charge in [-0.3, -0.25) is 9.59 Å². The van der Waals surface area contributed by atoms with Gasteiger partial charge in [0.1, 0.15) is 9.84 Å². The van der Waals surface area contributed by atoms with Crippen molar-refractivity contribution in [2.24, 2.45) is 5.92 Å². The van der Waals surface area contributed by atoms with Crippen molar-refractivity contribution in [3.8, 4) is 0 Å². The third kappa shape index (κ3) is 3.95. The average molecular weight is 377 g/mol. The number of hydrogen-bond acceptors (Lipinski definition) is 5. The molecule has 0 saturated carbocycles. The Morgan fingerprint density at radius 2 is 1.85 bits per heavy atom. The molecule has 3 rings (SSSR count). The summed E-state index contributed by atoms with van der Waals surface area (Å²) in [6, 6.07) is 6.73. The van der Waals surface area contributed by atoms with Gasteiger partial charge >= 0.3 is 0 Å². The highest BCUT2D eigenvalue weighted by Crippen LogP contribution is 2.16. The number of hydrogen-bond donors (Lipinski definition) is 1. The number of nitrogens with zero attached hydrogens (tertiary/aromatic N) is 2. The molecule has 0 spiro atoms. The standard InChI is InChI=1S/C18H23N3O4S/c1-12(2)11-21-18(23)15-6-4-3-5-14(15)16(20-21)17(22)19-13-7-9-26(24,25)10-8-13/h3-6,12-13H,7-11H2,1-2H3,(H,19,22). The molecule has 8 heteroatoms. The van der Waals surface area contributed by atoms with Gasteiger partial charge in [0.25, 0.3) is 11.5 Å². The largest absolute Gasteiger partial charge is 0.348 e. The quantitative estimate of drug-likeness (QED) is 0.867. The van der Waals surface area contributed by atoms with Gasteiger partial charge < -0.3 is 5.32 Å². The molecule has 1 N–H and O–H groups in total. The van der Waals surface area contributed by atoms with E-state index in [1.165, 1.54) is 4.68 Å². The van der Waals surface area contributed by atoms with E-state index in [-0.39, 0.29) is 40.6 Å². The first kappa shape index (κ1) is 18.6. The zero-order chi connectivity index (χ0) is 18.9. The topological polar surface area (TPSA) is 98.1 Å². The lowest BCUT2D eigenvalue weighted by molar-refractivity contribution is 0.0928. The van der Waals surface area contributed by atoms with E-state index in [4.69, 9.17) is 0 Å². The van der Waals surface area contributed by atoms with Crippen molar-refractivity contribution in [3.05, 3.63) is 40.3 Å². The molecular weight excluding hydrogens is 354 g/mol. The minimum Gasteiger partial charge on any atom is -0.348 e. The fourth-order valence-electron chi connectivity index (χ4n) is 3.16. The van der Waals surface area contributed by atoms with Crippen LogP contribution in [0.5, 0.6) is 0 Å². The molecule has 1 amide bonds. The number of benzene rings is 1. The molecule has 26 heavy (non-hydrogen) atoms. The summed E-state index contributed by atoms with van der Waals surface area (Å²) >= 11 is 0. The molecule has 1 saturated heterocycles. The minimum atomic E-state index is -2.99. The van der Waals surface area contributed by atoms with Gasteiger partial charge in [-0.15, -0.1) is 0 Å². The Kier molecular flexibility index (Phi) is 5.13. The summed E-state index contributed by atoms with van der Waals surface area (Å²) in [5.41, 5.74) is -0.0103. The second-order valence-corrected chi connectivity index (χ2v) is 9.48. The van der Waals surface area contributed by atoms with Gasteiger partial charge in [0.2, 0.25) is 0 Å². The van der Waals surface area contributed by atoms with Gasteiger partial charge in [-0.25, -0.2) is 13.1 Å². The molecule has 0 unspecified atom stereocenters. The first-order valence-electron chi connectivity index (χ1n) is 8.78. The lowest BCUT2D eigenvalue weighted by Gasteiger charge is -2.23. The summed E-state index contributed by atoms with van der Waals surface area (Å²) < 4.78 is 24.4. The zero-order valence-electron chi connectivity index (χ0n) is 14.9. The number of fused-ring (bicyclic) bond motifs is 1. The number of nitrogens with one attached hydrogen (secondary N) is 1. The predicted octanol–water partition coefficient (Wildman–Crippen LogP) is 1.36. The Labute approximate surface area is 152 Å². The van der Waals surface area contributed by atoms with Crippen LogP contribution < -0.4 is 10.9 Å². The molecular formula is C18H23N3O4S. The number of carbonyl (C=O) groups is 1. The number of carbonyl (C=O) groups excluding carboxylic acids is 1. The van der Waals surface area contributed by atoms with Gasteiger partial charge in [-0.1, -0.05) is 32.0 Å². The van der Waals surface area contributed by atoms with E-state index in [0.717, 1.165) is 0 Å². The lowest BCUT2D eigenvalue weighted by Crippen LogP contribution is -2.42. The van der Waals surface area contributed by atoms with Crippen LogP contribution in [0.4, 0.5) is 0 Å². The summed E-state index contributed by atoms with van der Waals surface area (Å²) in [5.74, 6) is 0.00150. The van der Waals surface area contributed by atoms with Crippen LogP contribution in [0.15, 0.2) is 29.1 Å². The third-order valence-electron chi connectivity index (χ3n) is 4.51. The molecule has 7 nitrogen and oxygen atoms in total. The normalized spacial score (nSPS) is 17.5. The number of rotatable bonds is 4. The molecule has 0 atom stereocenters. The van der Waals surface area contributed by atoms with Crippen LogP contribution in [0.1, 0.15) is 37.2 Å². The molecule has 0 aliphatic carbocycles. The highest BCUT2D eigenvalue weighted by molar-refractivity contribution is 7.91. The van der Waals surface area contributed by atoms with Gasteiger partial charge in [0.05, 0.1) is 16.9 Å². The van der Waals surface area contributed by atoms with Gasteiger partial charge in [0, 0.05) is 18.0 Å². The molecule has 1 aliphatic heterocycles. The summed E-state index contributed by atoms with van der Waals surface area (Å²) in [7, 11) is -2.99. The van der Waals surface area contributed by atoms with E-state index < -0.39 is 9.84 Å². The maximum Gasteiger partial charge on any atom is 0.274 e. The molecule has 2 heterocycles. The Hall–Kier alpha value is -2.22. The number of sulfone groups is 1. The monoisotopic (exact) mass is 377 g/mol. The Morgan fingerprint density at radius 1 is 1.23 bits per heavy atom. The third-order valence-corrected chi connectivity index (χ3v) is 6.23. The fraction of sp³-hybridized carbons (Fsp3) is 0.500. The first-order chi connectivity index (χ1) is 12.3. The van der Waals surface area contributed by atoms with Crippen LogP contribution in [0.25, 0.3) is 10.8 Å². The number of amides is 1. The smallest absolute Gasteiger partial charge is 0.274 e. The predicted molar refractivity (Wildman–Crippen MR) is 100.0 cm³/mol. The van der Waals surface area contributed by atoms with Gasteiger partial charge in [0.15, 0.2) is 5.69 Å². The molecule has 0 radical (unpaired) electrons. The van der Waals surface area contributed by atoms with E-state index >= 15 is 0 Å². The van der Waals surface area contributed by atoms with Crippen molar-refractivity contribution in [2.45, 2.75) is 39.3 Å². The highest BCUT2D eigenvalue weighted by Gasteiger charge is 2.26. The molecule has 1 aromatic heterocycles. The van der Waals surface area contributed by atoms with Crippen LogP contribution in [0.2, 0.25) is 0 Å².